The lowest BCUT2D eigenvalue weighted by Gasteiger charge is -2.06. The van der Waals surface area contributed by atoms with E-state index in [9.17, 15) is 0 Å². The molecule has 3 aromatic rings. The fourth-order valence-corrected chi connectivity index (χ4v) is 3.55. The van der Waals surface area contributed by atoms with Gasteiger partial charge in [0, 0.05) is 0 Å². The van der Waals surface area contributed by atoms with E-state index in [1.54, 1.807) is 0 Å². The molecule has 0 fully saturated rings. The number of hydrogen-bond acceptors (Lipinski definition) is 0. The van der Waals surface area contributed by atoms with Crippen molar-refractivity contribution in [1.29, 1.82) is 0 Å². The smallest absolute Gasteiger partial charge is 0.230 e. The summed E-state index contributed by atoms with van der Waals surface area (Å²) in [4.78, 5) is 0. The number of benzene rings is 2. The molecule has 0 bridgehead atoms. The van der Waals surface area contributed by atoms with Gasteiger partial charge in [0.05, 0.1) is 18.7 Å². The van der Waals surface area contributed by atoms with Crippen molar-refractivity contribution in [3.8, 4) is 11.4 Å². The van der Waals surface area contributed by atoms with Crippen LogP contribution in [0.3, 0.4) is 0 Å². The topological polar surface area (TPSA) is 8.81 Å². The second-order valence-corrected chi connectivity index (χ2v) is 7.02. The van der Waals surface area contributed by atoms with Crippen LogP contribution in [0.15, 0.2) is 73.1 Å². The van der Waals surface area contributed by atoms with Gasteiger partial charge < -0.3 is 0 Å². The van der Waals surface area contributed by atoms with Gasteiger partial charge in [-0.05, 0) is 43.4 Å². The van der Waals surface area contributed by atoms with Crippen LogP contribution in [-0.4, -0.2) is 4.57 Å². The van der Waals surface area contributed by atoms with Crippen LogP contribution in [0.1, 0.15) is 44.6 Å². The maximum Gasteiger partial charge on any atom is 0.288 e. The molecule has 0 saturated carbocycles. The molecule has 2 aromatic carbocycles. The highest BCUT2D eigenvalue weighted by Gasteiger charge is 2.18. The summed E-state index contributed by atoms with van der Waals surface area (Å²) in [6.07, 6.45) is 12.0. The normalized spacial score (nSPS) is 11.0. The quantitative estimate of drug-likeness (QED) is 0.331. The van der Waals surface area contributed by atoms with E-state index in [1.165, 1.54) is 42.6 Å². The first kappa shape index (κ1) is 18.4. The molecule has 0 spiro atoms. The van der Waals surface area contributed by atoms with Crippen molar-refractivity contribution in [2.24, 2.45) is 0 Å². The van der Waals surface area contributed by atoms with Gasteiger partial charge in [-0.25, -0.2) is 9.13 Å². The summed E-state index contributed by atoms with van der Waals surface area (Å²) in [5, 5.41) is 0. The molecule has 0 aliphatic rings. The summed E-state index contributed by atoms with van der Waals surface area (Å²) in [5.74, 6) is 1.34. The van der Waals surface area contributed by atoms with E-state index in [2.05, 4.69) is 89.1 Å². The minimum Gasteiger partial charge on any atom is -0.230 e. The predicted octanol–water partition coefficient (Wildman–Crippen LogP) is 5.66. The molecule has 0 saturated heterocycles. The Hall–Kier alpha value is -2.35. The van der Waals surface area contributed by atoms with Gasteiger partial charge in [0.25, 0.3) is 5.82 Å². The summed E-state index contributed by atoms with van der Waals surface area (Å²) in [6.45, 7) is 4.43. The van der Waals surface area contributed by atoms with Crippen LogP contribution in [0.25, 0.3) is 11.4 Å². The van der Waals surface area contributed by atoms with E-state index in [1.807, 2.05) is 0 Å². The Labute approximate surface area is 158 Å². The minimum atomic E-state index is 1.06. The van der Waals surface area contributed by atoms with E-state index < -0.39 is 0 Å². The van der Waals surface area contributed by atoms with Crippen LogP contribution < -0.4 is 4.57 Å². The highest BCUT2D eigenvalue weighted by atomic mass is 15.1. The zero-order valence-electron chi connectivity index (χ0n) is 16.0. The number of imidazole rings is 1. The molecule has 3 rings (SSSR count). The van der Waals surface area contributed by atoms with Gasteiger partial charge in [-0.2, -0.15) is 0 Å². The predicted molar refractivity (Wildman–Crippen MR) is 109 cm³/mol. The Balaban J connectivity index is 1.70. The number of hydrogen-bond donors (Lipinski definition) is 0. The maximum absolute atomic E-state index is 2.44. The third-order valence-electron chi connectivity index (χ3n) is 4.96. The van der Waals surface area contributed by atoms with Crippen LogP contribution >= 0.6 is 0 Å². The zero-order valence-corrected chi connectivity index (χ0v) is 16.0. The average molecular weight is 348 g/mol. The number of unbranched alkanes of at least 4 members (excludes halogenated alkanes) is 3. The molecule has 0 aliphatic carbocycles. The molecule has 2 nitrogen and oxygen atoms in total. The SMILES string of the molecule is CCCCCCn1cc[n+](CCCc2ccccc2)c1-c1ccccc1. The van der Waals surface area contributed by atoms with E-state index in [0.717, 1.165) is 25.9 Å². The Morgan fingerprint density at radius 2 is 1.54 bits per heavy atom. The minimum absolute atomic E-state index is 1.06. The zero-order chi connectivity index (χ0) is 18.0. The summed E-state index contributed by atoms with van der Waals surface area (Å²) in [6, 6.07) is 21.6. The first-order chi connectivity index (χ1) is 12.9. The number of aromatic nitrogens is 2. The largest absolute Gasteiger partial charge is 0.288 e. The summed E-state index contributed by atoms with van der Waals surface area (Å²) in [7, 11) is 0. The molecule has 0 amide bonds. The Bertz CT molecular complexity index is 759. The molecule has 1 aromatic heterocycles. The average Bonchev–Trinajstić information content (AvgIpc) is 3.09. The van der Waals surface area contributed by atoms with Crippen molar-refractivity contribution >= 4 is 0 Å². The Morgan fingerprint density at radius 1 is 0.808 bits per heavy atom. The van der Waals surface area contributed by atoms with E-state index in [0.29, 0.717) is 0 Å². The van der Waals surface area contributed by atoms with Gasteiger partial charge in [0.15, 0.2) is 0 Å². The molecular weight excluding hydrogens is 316 g/mol. The van der Waals surface area contributed by atoms with Gasteiger partial charge in [-0.1, -0.05) is 68.3 Å². The fraction of sp³-hybridized carbons (Fsp3) is 0.375. The van der Waals surface area contributed by atoms with Crippen LogP contribution in [0, 0.1) is 0 Å². The van der Waals surface area contributed by atoms with Crippen LogP contribution in [0.2, 0.25) is 0 Å². The highest BCUT2D eigenvalue weighted by Crippen LogP contribution is 2.17. The molecule has 26 heavy (non-hydrogen) atoms. The summed E-state index contributed by atoms with van der Waals surface area (Å²) >= 11 is 0. The highest BCUT2D eigenvalue weighted by molar-refractivity contribution is 5.52. The second kappa shape index (κ2) is 9.96. The van der Waals surface area contributed by atoms with Crippen molar-refractivity contribution in [1.82, 2.24) is 4.57 Å². The molecule has 136 valence electrons. The second-order valence-electron chi connectivity index (χ2n) is 7.02. The molecular formula is C24H31N2+. The molecule has 1 heterocycles. The summed E-state index contributed by atoms with van der Waals surface area (Å²) < 4.78 is 4.87. The molecule has 0 atom stereocenters. The fourth-order valence-electron chi connectivity index (χ4n) is 3.55. The maximum atomic E-state index is 2.44. The molecule has 0 unspecified atom stereocenters. The lowest BCUT2D eigenvalue weighted by atomic mass is 10.1. The van der Waals surface area contributed by atoms with E-state index in [4.69, 9.17) is 0 Å². The lowest BCUT2D eigenvalue weighted by Crippen LogP contribution is -2.35. The number of nitrogens with zero attached hydrogens (tertiary/aromatic N) is 2. The first-order valence-corrected chi connectivity index (χ1v) is 10.1. The van der Waals surface area contributed by atoms with Gasteiger partial charge in [0.1, 0.15) is 12.4 Å². The van der Waals surface area contributed by atoms with Crippen molar-refractivity contribution < 1.29 is 4.57 Å². The molecule has 0 N–H and O–H groups in total. The Kier molecular flexibility index (Phi) is 7.06. The van der Waals surface area contributed by atoms with Gasteiger partial charge >= 0.3 is 0 Å². The van der Waals surface area contributed by atoms with Crippen molar-refractivity contribution in [3.63, 3.8) is 0 Å². The van der Waals surface area contributed by atoms with Gasteiger partial charge in [0.2, 0.25) is 0 Å². The van der Waals surface area contributed by atoms with E-state index >= 15 is 0 Å². The van der Waals surface area contributed by atoms with Gasteiger partial charge in [-0.15, -0.1) is 0 Å². The standard InChI is InChI=1S/C24H31N2/c1-2-3-4-11-18-25-20-21-26(24(25)23-16-9-6-10-17-23)19-12-15-22-13-7-5-8-14-22/h5-10,13-14,16-17,20-21H,2-4,11-12,15,18-19H2,1H3/q+1. The van der Waals surface area contributed by atoms with Gasteiger partial charge in [-0.3, -0.25) is 0 Å². The van der Waals surface area contributed by atoms with Crippen LogP contribution in [0.4, 0.5) is 0 Å². The number of rotatable bonds is 10. The van der Waals surface area contributed by atoms with Crippen molar-refractivity contribution in [2.75, 3.05) is 0 Å². The monoisotopic (exact) mass is 347 g/mol. The first-order valence-electron chi connectivity index (χ1n) is 10.1. The molecule has 0 radical (unpaired) electrons. The number of aryl methyl sites for hydroxylation is 3. The van der Waals surface area contributed by atoms with E-state index in [-0.39, 0.29) is 0 Å². The van der Waals surface area contributed by atoms with Crippen molar-refractivity contribution in [2.45, 2.75) is 58.5 Å². The molecule has 2 heteroatoms. The molecule has 0 aliphatic heterocycles. The van der Waals surface area contributed by atoms with Crippen LogP contribution in [-0.2, 0) is 19.5 Å². The third-order valence-corrected chi connectivity index (χ3v) is 4.96. The summed E-state index contributed by atoms with van der Waals surface area (Å²) in [5.41, 5.74) is 2.74. The lowest BCUT2D eigenvalue weighted by molar-refractivity contribution is -0.685. The Morgan fingerprint density at radius 3 is 2.27 bits per heavy atom. The van der Waals surface area contributed by atoms with Crippen molar-refractivity contribution in [3.05, 3.63) is 78.6 Å². The van der Waals surface area contributed by atoms with Crippen LogP contribution in [0.5, 0.6) is 0 Å². The third kappa shape index (κ3) is 5.08.